The van der Waals surface area contributed by atoms with Gasteiger partial charge < -0.3 is 38.3 Å². The predicted molar refractivity (Wildman–Crippen MR) is 226 cm³/mol. The molecular weight excluding hydrogens is 717 g/mol. The van der Waals surface area contributed by atoms with Gasteiger partial charge in [-0.2, -0.15) is 0 Å². The van der Waals surface area contributed by atoms with Crippen molar-refractivity contribution in [2.75, 3.05) is 28.4 Å². The zero-order valence-electron chi connectivity index (χ0n) is 32.8. The summed E-state index contributed by atoms with van der Waals surface area (Å²) in [5.41, 5.74) is 7.79. The average Bonchev–Trinajstić information content (AvgIpc) is 3.79. The SMILES string of the molecule is COc1ccc(C(=O)c2c(-c3ccc(OC)cc3)c3c4c([nH]c5c(OC(C)C)cccc54)c(OC)c(-c4ccc(OC)cc4)c3n2CCc2ccc(O)cc2)cc1. The van der Waals surface area contributed by atoms with Gasteiger partial charge in [0.2, 0.25) is 5.78 Å². The summed E-state index contributed by atoms with van der Waals surface area (Å²) in [6.07, 6.45) is 0.501. The topological polar surface area (TPSA) is 104 Å². The minimum absolute atomic E-state index is 0.0663. The molecular formula is C48H44N2O7. The number of methoxy groups -OCH3 is 4. The van der Waals surface area contributed by atoms with Crippen LogP contribution in [0.1, 0.15) is 35.5 Å². The number of aromatic amines is 1. The van der Waals surface area contributed by atoms with E-state index >= 15 is 4.79 Å². The van der Waals surface area contributed by atoms with Gasteiger partial charge in [-0.1, -0.05) is 48.5 Å². The number of fused-ring (bicyclic) bond motifs is 5. The van der Waals surface area contributed by atoms with Gasteiger partial charge in [-0.3, -0.25) is 4.79 Å². The van der Waals surface area contributed by atoms with Crippen LogP contribution in [0.25, 0.3) is 55.0 Å². The normalized spacial score (nSPS) is 11.4. The first-order chi connectivity index (χ1) is 27.7. The lowest BCUT2D eigenvalue weighted by Crippen LogP contribution is -2.13. The van der Waals surface area contributed by atoms with Crippen molar-refractivity contribution in [2.24, 2.45) is 0 Å². The third-order valence-electron chi connectivity index (χ3n) is 10.5. The molecule has 0 aliphatic rings. The van der Waals surface area contributed by atoms with E-state index in [1.165, 1.54) is 0 Å². The number of ether oxygens (including phenoxy) is 5. The first-order valence-corrected chi connectivity index (χ1v) is 18.9. The Morgan fingerprint density at radius 3 is 1.81 bits per heavy atom. The van der Waals surface area contributed by atoms with E-state index in [9.17, 15) is 5.11 Å². The number of para-hydroxylation sites is 1. The van der Waals surface area contributed by atoms with Crippen LogP contribution >= 0.6 is 0 Å². The lowest BCUT2D eigenvalue weighted by atomic mass is 9.92. The second kappa shape index (κ2) is 15.3. The number of aryl methyl sites for hydroxylation is 2. The molecule has 8 aromatic rings. The van der Waals surface area contributed by atoms with Gasteiger partial charge in [-0.25, -0.2) is 0 Å². The van der Waals surface area contributed by atoms with Crippen LogP contribution in [0.2, 0.25) is 0 Å². The van der Waals surface area contributed by atoms with Gasteiger partial charge in [0.1, 0.15) is 28.7 Å². The number of aromatic nitrogens is 2. The highest BCUT2D eigenvalue weighted by molar-refractivity contribution is 6.32. The predicted octanol–water partition coefficient (Wildman–Crippen LogP) is 10.6. The Kier molecular flexibility index (Phi) is 9.98. The minimum atomic E-state index is -0.151. The van der Waals surface area contributed by atoms with E-state index < -0.39 is 0 Å². The summed E-state index contributed by atoms with van der Waals surface area (Å²) in [4.78, 5) is 19.1. The quantitative estimate of drug-likeness (QED) is 0.113. The standard InChI is InChI=1S/C48H44N2O7/c1-28(2)57-38-9-7-8-37-41-42-39(30-12-20-34(53-3)21-13-30)46(47(52)32-16-24-36(55-5)25-17-32)50(27-26-29-10-18-33(51)19-11-29)45(42)40(31-14-22-35(54-4)23-15-31)48(56-6)44(41)49-43(37)38/h7-25,28,49,51H,26-27H2,1-6H3. The number of carbonyl (C=O) groups is 1. The molecule has 0 amide bonds. The van der Waals surface area contributed by atoms with Crippen LogP contribution in [0.3, 0.4) is 0 Å². The van der Waals surface area contributed by atoms with Crippen molar-refractivity contribution in [3.05, 3.63) is 132 Å². The Hall–Kier alpha value is -6.87. The zero-order chi connectivity index (χ0) is 39.8. The summed E-state index contributed by atoms with van der Waals surface area (Å²) in [5.74, 6) is 3.45. The first-order valence-electron chi connectivity index (χ1n) is 18.9. The second-order valence-electron chi connectivity index (χ2n) is 14.2. The number of hydrogen-bond donors (Lipinski definition) is 2. The van der Waals surface area contributed by atoms with E-state index in [4.69, 9.17) is 23.7 Å². The Labute approximate surface area is 331 Å². The molecule has 288 valence electrons. The molecule has 0 aliphatic heterocycles. The minimum Gasteiger partial charge on any atom is -0.508 e. The fourth-order valence-electron chi connectivity index (χ4n) is 7.84. The molecule has 0 saturated heterocycles. The van der Waals surface area contributed by atoms with Crippen LogP contribution in [0.5, 0.6) is 34.5 Å². The van der Waals surface area contributed by atoms with Crippen LogP contribution in [0, 0.1) is 0 Å². The molecule has 9 heteroatoms. The van der Waals surface area contributed by atoms with Crippen molar-refractivity contribution < 1.29 is 33.6 Å². The summed E-state index contributed by atoms with van der Waals surface area (Å²) in [7, 11) is 6.58. The number of carbonyl (C=O) groups excluding carboxylic acids is 1. The molecule has 0 saturated carbocycles. The maximum absolute atomic E-state index is 15.4. The van der Waals surface area contributed by atoms with Crippen molar-refractivity contribution in [1.82, 2.24) is 9.55 Å². The summed E-state index contributed by atoms with van der Waals surface area (Å²) in [5, 5.41) is 12.8. The number of aromatic hydroxyl groups is 1. The number of nitrogens with one attached hydrogen (secondary N) is 1. The molecule has 8 rings (SSSR count). The second-order valence-corrected chi connectivity index (χ2v) is 14.2. The van der Waals surface area contributed by atoms with Gasteiger partial charge in [0.05, 0.1) is 62.4 Å². The van der Waals surface area contributed by atoms with E-state index in [-0.39, 0.29) is 17.6 Å². The lowest BCUT2D eigenvalue weighted by molar-refractivity contribution is 0.103. The van der Waals surface area contributed by atoms with Gasteiger partial charge in [0.25, 0.3) is 0 Å². The third kappa shape index (κ3) is 6.65. The first kappa shape index (κ1) is 37.1. The Balaban J connectivity index is 1.59. The van der Waals surface area contributed by atoms with Gasteiger partial charge in [0, 0.05) is 33.8 Å². The van der Waals surface area contributed by atoms with Gasteiger partial charge >= 0.3 is 0 Å². The maximum atomic E-state index is 15.4. The highest BCUT2D eigenvalue weighted by atomic mass is 16.5. The number of ketones is 1. The maximum Gasteiger partial charge on any atom is 0.210 e. The Bertz CT molecular complexity index is 2730. The van der Waals surface area contributed by atoms with Crippen LogP contribution in [0.15, 0.2) is 115 Å². The number of phenolic OH excluding ortho intramolecular Hbond substituents is 1. The van der Waals surface area contributed by atoms with Crippen LogP contribution in [-0.2, 0) is 13.0 Å². The van der Waals surface area contributed by atoms with Crippen LogP contribution < -0.4 is 23.7 Å². The highest BCUT2D eigenvalue weighted by Crippen LogP contribution is 2.52. The van der Waals surface area contributed by atoms with Crippen LogP contribution in [-0.4, -0.2) is 55.0 Å². The molecule has 2 heterocycles. The van der Waals surface area contributed by atoms with Gasteiger partial charge in [-0.15, -0.1) is 0 Å². The molecule has 2 aromatic heterocycles. The average molecular weight is 761 g/mol. The number of nitrogens with zero attached hydrogens (tertiary/aromatic N) is 1. The Morgan fingerprint density at radius 1 is 0.667 bits per heavy atom. The fourth-order valence-corrected chi connectivity index (χ4v) is 7.84. The lowest BCUT2D eigenvalue weighted by Gasteiger charge is -2.17. The van der Waals surface area contributed by atoms with E-state index in [1.54, 1.807) is 40.6 Å². The van der Waals surface area contributed by atoms with Crippen molar-refractivity contribution in [3.8, 4) is 56.8 Å². The van der Waals surface area contributed by atoms with E-state index in [1.807, 2.05) is 111 Å². The molecule has 6 aromatic carbocycles. The van der Waals surface area contributed by atoms with Crippen molar-refractivity contribution in [2.45, 2.75) is 32.9 Å². The number of benzene rings is 6. The highest BCUT2D eigenvalue weighted by Gasteiger charge is 2.32. The summed E-state index contributed by atoms with van der Waals surface area (Å²) in [6, 6.07) is 36.3. The van der Waals surface area contributed by atoms with Gasteiger partial charge in [-0.05, 0) is 104 Å². The number of phenols is 1. The molecule has 0 fully saturated rings. The van der Waals surface area contributed by atoms with E-state index in [0.29, 0.717) is 53.0 Å². The molecule has 2 N–H and O–H groups in total. The number of hydrogen-bond acceptors (Lipinski definition) is 7. The van der Waals surface area contributed by atoms with E-state index in [2.05, 4.69) is 15.6 Å². The fraction of sp³-hybridized carbons (Fsp3) is 0.188. The summed E-state index contributed by atoms with van der Waals surface area (Å²) < 4.78 is 31.6. The summed E-state index contributed by atoms with van der Waals surface area (Å²) in [6.45, 7) is 4.45. The molecule has 0 radical (unpaired) electrons. The molecule has 9 nitrogen and oxygen atoms in total. The molecule has 0 aliphatic carbocycles. The third-order valence-corrected chi connectivity index (χ3v) is 10.5. The van der Waals surface area contributed by atoms with Crippen molar-refractivity contribution in [3.63, 3.8) is 0 Å². The zero-order valence-corrected chi connectivity index (χ0v) is 32.8. The Morgan fingerprint density at radius 2 is 1.25 bits per heavy atom. The molecule has 0 spiro atoms. The molecule has 0 unspecified atom stereocenters. The van der Waals surface area contributed by atoms with Crippen LogP contribution in [0.4, 0.5) is 0 Å². The monoisotopic (exact) mass is 760 g/mol. The van der Waals surface area contributed by atoms with Crippen molar-refractivity contribution in [1.29, 1.82) is 0 Å². The van der Waals surface area contributed by atoms with E-state index in [0.717, 1.165) is 60.5 Å². The number of H-pyrrole nitrogens is 1. The van der Waals surface area contributed by atoms with Crippen molar-refractivity contribution >= 4 is 38.5 Å². The smallest absolute Gasteiger partial charge is 0.210 e. The largest absolute Gasteiger partial charge is 0.508 e. The molecule has 0 bridgehead atoms. The molecule has 0 atom stereocenters. The molecule has 57 heavy (non-hydrogen) atoms. The van der Waals surface area contributed by atoms with Gasteiger partial charge in [0.15, 0.2) is 5.75 Å². The number of rotatable bonds is 13. The summed E-state index contributed by atoms with van der Waals surface area (Å²) >= 11 is 0.